The van der Waals surface area contributed by atoms with Crippen LogP contribution >= 0.6 is 22.9 Å². The van der Waals surface area contributed by atoms with Crippen LogP contribution in [0.3, 0.4) is 0 Å². The van der Waals surface area contributed by atoms with Crippen molar-refractivity contribution in [3.8, 4) is 22.4 Å². The summed E-state index contributed by atoms with van der Waals surface area (Å²) in [5, 5.41) is 6.17. The Balaban J connectivity index is 1.26. The highest BCUT2D eigenvalue weighted by atomic mass is 35.5. The molecule has 5 aromatic carbocycles. The number of hydrogen-bond acceptors (Lipinski definition) is 4. The molecule has 0 atom stereocenters. The Morgan fingerprint density at radius 1 is 0.681 bits per heavy atom. The zero-order valence-electron chi connectivity index (χ0n) is 25.5. The largest absolute Gasteiger partial charge is 0.256 e. The topological polar surface area (TPSA) is 38.1 Å². The summed E-state index contributed by atoms with van der Waals surface area (Å²) in [4.78, 5) is 15.9. The summed E-state index contributed by atoms with van der Waals surface area (Å²) in [6.45, 7) is 6.53. The minimum Gasteiger partial charge on any atom is -0.256 e. The van der Waals surface area contributed by atoms with Crippen LogP contribution in [0, 0.1) is 6.92 Å². The highest BCUT2D eigenvalue weighted by Gasteiger charge is 2.23. The minimum atomic E-state index is 0.429. The van der Waals surface area contributed by atoms with Crippen molar-refractivity contribution in [2.45, 2.75) is 6.92 Å². The van der Waals surface area contributed by atoms with Crippen LogP contribution in [-0.2, 0) is 0 Å². The van der Waals surface area contributed by atoms with Crippen molar-refractivity contribution in [3.05, 3.63) is 161 Å². The van der Waals surface area contributed by atoms with Crippen LogP contribution in [0.2, 0.25) is 0 Å². The van der Waals surface area contributed by atoms with Gasteiger partial charge in [0.15, 0.2) is 0 Å². The third kappa shape index (κ3) is 4.52. The molecule has 1 aliphatic heterocycles. The van der Waals surface area contributed by atoms with E-state index in [0.717, 1.165) is 71.5 Å². The lowest BCUT2D eigenvalue weighted by Gasteiger charge is -2.17. The zero-order valence-corrected chi connectivity index (χ0v) is 27.0. The van der Waals surface area contributed by atoms with Gasteiger partial charge in [0.25, 0.3) is 0 Å². The fraction of sp³-hybridized carbons (Fsp3) is 0.0238. The number of pyridine rings is 2. The number of aromatic nitrogens is 2. The van der Waals surface area contributed by atoms with Gasteiger partial charge >= 0.3 is 0 Å². The maximum absolute atomic E-state index is 6.64. The van der Waals surface area contributed by atoms with Gasteiger partial charge < -0.3 is 0 Å². The lowest BCUT2D eigenvalue weighted by molar-refractivity contribution is 1.33. The number of hydrogen-bond donors (Lipinski definition) is 0. The van der Waals surface area contributed by atoms with Crippen LogP contribution in [0.5, 0.6) is 0 Å². The standard InChI is InChI=1S/C42H26ClN3S/c1-24-21-37(43)46-41(42-38(24)32-11-5-6-15-36(32)47-42)27-18-16-26(17-19-27)39-25(2)40(31-12-7-14-34-30(31)13-8-20-44-34)45-35-23-29-10-4-3-9-28(29)22-33(35)39/h3-23H,1H2,2H3. The molecule has 222 valence electrons. The second kappa shape index (κ2) is 10.8. The normalized spacial score (nSPS) is 13.2. The Bertz CT molecular complexity index is 2660. The minimum absolute atomic E-state index is 0.429. The molecule has 0 unspecified atom stereocenters. The van der Waals surface area contributed by atoms with Crippen molar-refractivity contribution in [1.82, 2.24) is 9.97 Å². The molecule has 0 fully saturated rings. The van der Waals surface area contributed by atoms with E-state index in [2.05, 4.69) is 128 Å². The molecule has 9 rings (SSSR count). The summed E-state index contributed by atoms with van der Waals surface area (Å²) in [7, 11) is 0. The monoisotopic (exact) mass is 639 g/mol. The van der Waals surface area contributed by atoms with Crippen LogP contribution in [0.4, 0.5) is 0 Å². The molecule has 0 spiro atoms. The van der Waals surface area contributed by atoms with Gasteiger partial charge in [0.1, 0.15) is 5.16 Å². The molecule has 0 saturated heterocycles. The van der Waals surface area contributed by atoms with Gasteiger partial charge in [0.05, 0.1) is 27.3 Å². The average molecular weight is 640 g/mol. The molecule has 3 aromatic heterocycles. The summed E-state index contributed by atoms with van der Waals surface area (Å²) in [5.41, 5.74) is 11.2. The summed E-state index contributed by atoms with van der Waals surface area (Å²) in [6.07, 6.45) is 3.70. The van der Waals surface area contributed by atoms with Gasteiger partial charge in [-0.2, -0.15) is 0 Å². The van der Waals surface area contributed by atoms with Gasteiger partial charge in [-0.3, -0.25) is 4.98 Å². The molecule has 3 nitrogen and oxygen atoms in total. The first kappa shape index (κ1) is 27.9. The van der Waals surface area contributed by atoms with Crippen molar-refractivity contribution in [3.63, 3.8) is 0 Å². The molecule has 0 N–H and O–H groups in total. The lowest BCUT2D eigenvalue weighted by Crippen LogP contribution is -2.03. The van der Waals surface area contributed by atoms with Crippen molar-refractivity contribution in [1.29, 1.82) is 0 Å². The van der Waals surface area contributed by atoms with E-state index in [1.165, 1.54) is 26.4 Å². The number of thiophene rings is 1. The molecule has 0 radical (unpaired) electrons. The van der Waals surface area contributed by atoms with Gasteiger partial charge in [-0.1, -0.05) is 103 Å². The van der Waals surface area contributed by atoms with Crippen LogP contribution in [-0.4, -0.2) is 15.7 Å². The van der Waals surface area contributed by atoms with Gasteiger partial charge in [-0.25, -0.2) is 9.98 Å². The Kier molecular flexibility index (Phi) is 6.42. The molecule has 5 heteroatoms. The fourth-order valence-electron chi connectivity index (χ4n) is 6.92. The van der Waals surface area contributed by atoms with Crippen LogP contribution in [0.1, 0.15) is 21.6 Å². The van der Waals surface area contributed by atoms with Crippen LogP contribution in [0.25, 0.3) is 70.6 Å². The number of aliphatic imine (C=N–C) groups is 1. The predicted molar refractivity (Wildman–Crippen MR) is 201 cm³/mol. The van der Waals surface area contributed by atoms with Gasteiger partial charge in [-0.05, 0) is 76.4 Å². The molecule has 47 heavy (non-hydrogen) atoms. The zero-order chi connectivity index (χ0) is 31.6. The lowest BCUT2D eigenvalue weighted by atomic mass is 9.90. The van der Waals surface area contributed by atoms with E-state index in [-0.39, 0.29) is 0 Å². The molecule has 0 saturated carbocycles. The molecule has 0 bridgehead atoms. The van der Waals surface area contributed by atoms with Crippen molar-refractivity contribution in [2.75, 3.05) is 0 Å². The van der Waals surface area contributed by atoms with Gasteiger partial charge in [0.2, 0.25) is 0 Å². The first-order chi connectivity index (χ1) is 23.0. The highest BCUT2D eigenvalue weighted by Crippen LogP contribution is 2.42. The number of benzene rings is 5. The van der Waals surface area contributed by atoms with Crippen molar-refractivity contribution >= 4 is 76.9 Å². The maximum Gasteiger partial charge on any atom is 0.130 e. The number of halogens is 1. The number of rotatable bonds is 3. The second-order valence-electron chi connectivity index (χ2n) is 11.9. The Labute approximate surface area is 280 Å². The van der Waals surface area contributed by atoms with Gasteiger partial charge in [0, 0.05) is 43.7 Å². The molecule has 0 aliphatic carbocycles. The molecule has 0 amide bonds. The van der Waals surface area contributed by atoms with Crippen molar-refractivity contribution < 1.29 is 0 Å². The summed E-state index contributed by atoms with van der Waals surface area (Å²) >= 11 is 8.37. The third-order valence-electron chi connectivity index (χ3n) is 9.09. The third-order valence-corrected chi connectivity index (χ3v) is 10.5. The van der Waals surface area contributed by atoms with E-state index < -0.39 is 0 Å². The summed E-state index contributed by atoms with van der Waals surface area (Å²) in [6, 6.07) is 40.5. The van der Waals surface area contributed by atoms with E-state index in [1.807, 2.05) is 18.3 Å². The SMILES string of the molecule is C=C1C=C(Cl)N=C(c2ccc(-c3c(C)c(-c4cccc5ncccc45)nc4cc5ccccc5cc34)cc2)c2sc3ccccc3c21. The number of nitrogens with zero attached hydrogens (tertiary/aromatic N) is 3. The van der Waals surface area contributed by atoms with Crippen molar-refractivity contribution in [2.24, 2.45) is 4.99 Å². The van der Waals surface area contributed by atoms with E-state index in [4.69, 9.17) is 21.6 Å². The number of fused-ring (bicyclic) bond motifs is 6. The van der Waals surface area contributed by atoms with Crippen LogP contribution < -0.4 is 0 Å². The summed E-state index contributed by atoms with van der Waals surface area (Å²) in [5.74, 6) is 0. The fourth-order valence-corrected chi connectivity index (χ4v) is 8.38. The highest BCUT2D eigenvalue weighted by molar-refractivity contribution is 7.21. The Hall–Kier alpha value is -5.42. The molecule has 4 heterocycles. The molecule has 1 aliphatic rings. The quantitative estimate of drug-likeness (QED) is 0.142. The first-order valence-electron chi connectivity index (χ1n) is 15.5. The van der Waals surface area contributed by atoms with Crippen LogP contribution in [0.15, 0.2) is 144 Å². The second-order valence-corrected chi connectivity index (χ2v) is 13.3. The predicted octanol–water partition coefficient (Wildman–Crippen LogP) is 11.7. The number of allylic oxidation sites excluding steroid dienone is 2. The average Bonchev–Trinajstić information content (AvgIpc) is 3.44. The van der Waals surface area contributed by atoms with E-state index in [9.17, 15) is 0 Å². The van der Waals surface area contributed by atoms with E-state index in [0.29, 0.717) is 5.16 Å². The first-order valence-corrected chi connectivity index (χ1v) is 16.7. The van der Waals surface area contributed by atoms with E-state index >= 15 is 0 Å². The molecular formula is C42H26ClN3S. The van der Waals surface area contributed by atoms with E-state index in [1.54, 1.807) is 11.3 Å². The van der Waals surface area contributed by atoms with Gasteiger partial charge in [-0.15, -0.1) is 11.3 Å². The Morgan fingerprint density at radius 2 is 1.43 bits per heavy atom. The Morgan fingerprint density at radius 3 is 2.28 bits per heavy atom. The molecular weight excluding hydrogens is 614 g/mol. The molecule has 8 aromatic rings. The summed E-state index contributed by atoms with van der Waals surface area (Å²) < 4.78 is 1.21. The maximum atomic E-state index is 6.64. The smallest absolute Gasteiger partial charge is 0.130 e.